The molecule has 2 heterocycles. The normalized spacial score (nSPS) is 31.3. The third kappa shape index (κ3) is 1.70. The number of hydrogen-bond donors (Lipinski definition) is 0. The molecule has 2 rings (SSSR count). The van der Waals surface area contributed by atoms with Crippen molar-refractivity contribution in [1.82, 2.24) is 9.80 Å². The van der Waals surface area contributed by atoms with Crippen molar-refractivity contribution in [2.45, 2.75) is 31.7 Å². The number of piperidine rings is 1. The average Bonchev–Trinajstić information content (AvgIpc) is 2.49. The Morgan fingerprint density at radius 3 is 2.38 bits per heavy atom. The molecule has 2 fully saturated rings. The smallest absolute Gasteiger partial charge is 0.239 e. The fourth-order valence-electron chi connectivity index (χ4n) is 2.37. The van der Waals surface area contributed by atoms with Gasteiger partial charge in [-0.05, 0) is 32.4 Å². The zero-order valence-electron chi connectivity index (χ0n) is 8.33. The van der Waals surface area contributed by atoms with Gasteiger partial charge in [0.15, 0.2) is 0 Å². The van der Waals surface area contributed by atoms with Crippen molar-refractivity contribution < 1.29 is 4.79 Å². The van der Waals surface area contributed by atoms with Gasteiger partial charge in [0.25, 0.3) is 0 Å². The number of carbonyl (C=O) groups excluding carboxylic acids is 1. The van der Waals surface area contributed by atoms with E-state index in [-0.39, 0.29) is 6.04 Å². The van der Waals surface area contributed by atoms with Gasteiger partial charge in [0, 0.05) is 13.6 Å². The molecule has 0 radical (unpaired) electrons. The highest BCUT2D eigenvalue weighted by Gasteiger charge is 2.33. The Morgan fingerprint density at radius 2 is 1.85 bits per heavy atom. The lowest BCUT2D eigenvalue weighted by Crippen LogP contribution is -2.43. The minimum Gasteiger partial charge on any atom is -0.344 e. The summed E-state index contributed by atoms with van der Waals surface area (Å²) in [6.07, 6.45) is 4.92. The summed E-state index contributed by atoms with van der Waals surface area (Å²) in [5.74, 6) is 0.335. The van der Waals surface area contributed by atoms with Crippen LogP contribution >= 0.6 is 0 Å². The lowest BCUT2D eigenvalue weighted by atomic mass is 10.1. The third-order valence-electron chi connectivity index (χ3n) is 3.23. The molecular formula is C10H18N2O. The summed E-state index contributed by atoms with van der Waals surface area (Å²) in [4.78, 5) is 15.9. The first-order valence-electron chi connectivity index (χ1n) is 5.28. The van der Waals surface area contributed by atoms with E-state index in [1.165, 1.54) is 19.3 Å². The van der Waals surface area contributed by atoms with Gasteiger partial charge in [-0.3, -0.25) is 9.69 Å². The molecule has 0 bridgehead atoms. The Hall–Kier alpha value is -0.570. The Balaban J connectivity index is 1.96. The SMILES string of the molecule is CN1CCC(N2CCCCC2)C1=O. The van der Waals surface area contributed by atoms with E-state index in [0.717, 1.165) is 26.1 Å². The van der Waals surface area contributed by atoms with Gasteiger partial charge in [0.05, 0.1) is 6.04 Å². The molecule has 2 saturated heterocycles. The number of likely N-dealkylation sites (tertiary alicyclic amines) is 2. The largest absolute Gasteiger partial charge is 0.344 e. The molecule has 0 spiro atoms. The zero-order chi connectivity index (χ0) is 9.26. The molecule has 2 aliphatic heterocycles. The highest BCUT2D eigenvalue weighted by molar-refractivity contribution is 5.83. The summed E-state index contributed by atoms with van der Waals surface area (Å²) in [6, 6.07) is 0.213. The van der Waals surface area contributed by atoms with Crippen LogP contribution in [-0.4, -0.2) is 48.4 Å². The number of carbonyl (C=O) groups is 1. The maximum absolute atomic E-state index is 11.7. The van der Waals surface area contributed by atoms with Crippen molar-refractivity contribution in [3.8, 4) is 0 Å². The molecule has 1 atom stereocenters. The van der Waals surface area contributed by atoms with Crippen LogP contribution in [-0.2, 0) is 4.79 Å². The summed E-state index contributed by atoms with van der Waals surface area (Å²) in [5.41, 5.74) is 0. The molecule has 74 valence electrons. The van der Waals surface area contributed by atoms with Crippen molar-refractivity contribution >= 4 is 5.91 Å². The van der Waals surface area contributed by atoms with Gasteiger partial charge in [-0.15, -0.1) is 0 Å². The quantitative estimate of drug-likeness (QED) is 0.596. The molecule has 0 aromatic carbocycles. The van der Waals surface area contributed by atoms with Gasteiger partial charge in [-0.2, -0.15) is 0 Å². The molecule has 2 aliphatic rings. The van der Waals surface area contributed by atoms with Crippen LogP contribution in [0.3, 0.4) is 0 Å². The first kappa shape index (κ1) is 9.00. The number of likely N-dealkylation sites (N-methyl/N-ethyl adjacent to an activating group) is 1. The van der Waals surface area contributed by atoms with Gasteiger partial charge in [0.2, 0.25) is 5.91 Å². The Kier molecular flexibility index (Phi) is 2.54. The summed E-state index contributed by atoms with van der Waals surface area (Å²) in [5, 5.41) is 0. The van der Waals surface area contributed by atoms with E-state index in [1.54, 1.807) is 0 Å². The highest BCUT2D eigenvalue weighted by atomic mass is 16.2. The highest BCUT2D eigenvalue weighted by Crippen LogP contribution is 2.19. The van der Waals surface area contributed by atoms with E-state index in [4.69, 9.17) is 0 Å². The van der Waals surface area contributed by atoms with E-state index in [9.17, 15) is 4.79 Å². The lowest BCUT2D eigenvalue weighted by Gasteiger charge is -2.30. The first-order valence-corrected chi connectivity index (χ1v) is 5.28. The Bertz CT molecular complexity index is 199. The maximum atomic E-state index is 11.7. The fraction of sp³-hybridized carbons (Fsp3) is 0.900. The molecule has 1 unspecified atom stereocenters. The van der Waals surface area contributed by atoms with Crippen LogP contribution in [0, 0.1) is 0 Å². The van der Waals surface area contributed by atoms with Crippen LogP contribution in [0.5, 0.6) is 0 Å². The van der Waals surface area contributed by atoms with Gasteiger partial charge in [0.1, 0.15) is 0 Å². The maximum Gasteiger partial charge on any atom is 0.239 e. The standard InChI is InChI=1S/C10H18N2O/c1-11-8-5-9(10(11)13)12-6-3-2-4-7-12/h9H,2-8H2,1H3. The van der Waals surface area contributed by atoms with Crippen LogP contribution in [0.25, 0.3) is 0 Å². The molecule has 13 heavy (non-hydrogen) atoms. The second-order valence-electron chi connectivity index (χ2n) is 4.16. The van der Waals surface area contributed by atoms with E-state index < -0.39 is 0 Å². The van der Waals surface area contributed by atoms with Crippen molar-refractivity contribution in [3.05, 3.63) is 0 Å². The zero-order valence-corrected chi connectivity index (χ0v) is 8.33. The first-order chi connectivity index (χ1) is 6.29. The van der Waals surface area contributed by atoms with Crippen LogP contribution in [0.4, 0.5) is 0 Å². The molecular weight excluding hydrogens is 164 g/mol. The van der Waals surface area contributed by atoms with E-state index >= 15 is 0 Å². The lowest BCUT2D eigenvalue weighted by molar-refractivity contribution is -0.131. The topological polar surface area (TPSA) is 23.6 Å². The number of amides is 1. The van der Waals surface area contributed by atoms with E-state index in [1.807, 2.05) is 11.9 Å². The molecule has 0 saturated carbocycles. The Morgan fingerprint density at radius 1 is 1.15 bits per heavy atom. The van der Waals surface area contributed by atoms with Crippen LogP contribution < -0.4 is 0 Å². The molecule has 0 aromatic heterocycles. The molecule has 3 nitrogen and oxygen atoms in total. The van der Waals surface area contributed by atoms with Crippen LogP contribution in [0.2, 0.25) is 0 Å². The van der Waals surface area contributed by atoms with Gasteiger partial charge in [-0.1, -0.05) is 6.42 Å². The number of hydrogen-bond acceptors (Lipinski definition) is 2. The van der Waals surface area contributed by atoms with Crippen LogP contribution in [0.1, 0.15) is 25.7 Å². The molecule has 0 aliphatic carbocycles. The summed E-state index contributed by atoms with van der Waals surface area (Å²) < 4.78 is 0. The average molecular weight is 182 g/mol. The summed E-state index contributed by atoms with van der Waals surface area (Å²) in [7, 11) is 1.91. The molecule has 0 aromatic rings. The monoisotopic (exact) mass is 182 g/mol. The molecule has 3 heteroatoms. The predicted molar refractivity (Wildman–Crippen MR) is 51.5 cm³/mol. The second kappa shape index (κ2) is 3.66. The minimum atomic E-state index is 0.213. The van der Waals surface area contributed by atoms with Crippen molar-refractivity contribution in [2.24, 2.45) is 0 Å². The molecule has 1 amide bonds. The van der Waals surface area contributed by atoms with Gasteiger partial charge in [-0.25, -0.2) is 0 Å². The third-order valence-corrected chi connectivity index (χ3v) is 3.23. The fourth-order valence-corrected chi connectivity index (χ4v) is 2.37. The summed E-state index contributed by atoms with van der Waals surface area (Å²) in [6.45, 7) is 3.20. The number of rotatable bonds is 1. The van der Waals surface area contributed by atoms with Crippen molar-refractivity contribution in [1.29, 1.82) is 0 Å². The van der Waals surface area contributed by atoms with Crippen LogP contribution in [0.15, 0.2) is 0 Å². The van der Waals surface area contributed by atoms with Gasteiger partial charge >= 0.3 is 0 Å². The predicted octanol–water partition coefficient (Wildman–Crippen LogP) is 0.703. The van der Waals surface area contributed by atoms with E-state index in [2.05, 4.69) is 4.90 Å². The van der Waals surface area contributed by atoms with Gasteiger partial charge < -0.3 is 4.90 Å². The second-order valence-corrected chi connectivity index (χ2v) is 4.16. The minimum absolute atomic E-state index is 0.213. The van der Waals surface area contributed by atoms with E-state index in [0.29, 0.717) is 5.91 Å². The molecule has 0 N–H and O–H groups in total. The van der Waals surface area contributed by atoms with Crippen molar-refractivity contribution in [2.75, 3.05) is 26.7 Å². The Labute approximate surface area is 79.7 Å². The number of nitrogens with zero attached hydrogens (tertiary/aromatic N) is 2. The van der Waals surface area contributed by atoms with Crippen molar-refractivity contribution in [3.63, 3.8) is 0 Å². The summed E-state index contributed by atoms with van der Waals surface area (Å²) >= 11 is 0.